The minimum atomic E-state index is -0.188. The average Bonchev–Trinajstić information content (AvgIpc) is 2.39. The molecular weight excluding hydrogens is 217 g/mol. The lowest BCUT2D eigenvalue weighted by Crippen LogP contribution is -2.13. The second-order valence-corrected chi connectivity index (χ2v) is 4.05. The smallest absolute Gasteiger partial charge is 0.131 e. The molecular formula is C14H12FNO. The molecule has 1 heterocycles. The highest BCUT2D eigenvalue weighted by Crippen LogP contribution is 2.28. The quantitative estimate of drug-likeness (QED) is 0.809. The highest BCUT2D eigenvalue weighted by atomic mass is 19.1. The largest absolute Gasteiger partial charge is 0.276 e. The summed E-state index contributed by atoms with van der Waals surface area (Å²) in [4.78, 5) is 5.14. The second kappa shape index (κ2) is 4.18. The second-order valence-electron chi connectivity index (χ2n) is 4.05. The minimum Gasteiger partial charge on any atom is -0.276 e. The monoisotopic (exact) mass is 229 g/mol. The van der Waals surface area contributed by atoms with E-state index in [0.717, 1.165) is 23.2 Å². The summed E-state index contributed by atoms with van der Waals surface area (Å²) in [5, 5.41) is 0. The van der Waals surface area contributed by atoms with Crippen molar-refractivity contribution in [3.63, 3.8) is 0 Å². The van der Waals surface area contributed by atoms with Crippen LogP contribution in [0.4, 0.5) is 10.1 Å². The van der Waals surface area contributed by atoms with Gasteiger partial charge in [0.25, 0.3) is 0 Å². The summed E-state index contributed by atoms with van der Waals surface area (Å²) < 4.78 is 13.7. The first-order valence-electron chi connectivity index (χ1n) is 5.60. The van der Waals surface area contributed by atoms with Crippen LogP contribution >= 0.6 is 0 Å². The number of rotatable bonds is 1. The molecule has 0 atom stereocenters. The van der Waals surface area contributed by atoms with Gasteiger partial charge in [0.15, 0.2) is 0 Å². The van der Waals surface area contributed by atoms with Crippen LogP contribution in [0.2, 0.25) is 0 Å². The van der Waals surface area contributed by atoms with Crippen molar-refractivity contribution in [2.45, 2.75) is 6.42 Å². The first kappa shape index (κ1) is 10.3. The summed E-state index contributed by atoms with van der Waals surface area (Å²) in [6.07, 6.45) is 0.852. The van der Waals surface area contributed by atoms with Crippen LogP contribution in [0.3, 0.4) is 0 Å². The summed E-state index contributed by atoms with van der Waals surface area (Å²) in [6.45, 7) is 0.647. The number of anilines is 1. The zero-order valence-electron chi connectivity index (χ0n) is 9.24. The van der Waals surface area contributed by atoms with Crippen LogP contribution in [0, 0.1) is 5.82 Å². The Morgan fingerprint density at radius 2 is 2.00 bits per heavy atom. The zero-order valence-corrected chi connectivity index (χ0v) is 9.24. The van der Waals surface area contributed by atoms with Crippen molar-refractivity contribution in [1.82, 2.24) is 0 Å². The molecule has 0 aromatic heterocycles. The first-order valence-corrected chi connectivity index (χ1v) is 5.60. The van der Waals surface area contributed by atoms with E-state index in [1.54, 1.807) is 12.1 Å². The molecule has 2 nitrogen and oxygen atoms in total. The summed E-state index contributed by atoms with van der Waals surface area (Å²) >= 11 is 0. The molecule has 0 aliphatic carbocycles. The van der Waals surface area contributed by atoms with Crippen LogP contribution in [0.25, 0.3) is 11.1 Å². The van der Waals surface area contributed by atoms with Gasteiger partial charge in [-0.15, -0.1) is 0 Å². The van der Waals surface area contributed by atoms with Gasteiger partial charge >= 0.3 is 0 Å². The number of fused-ring (bicyclic) bond motifs is 1. The third kappa shape index (κ3) is 1.89. The van der Waals surface area contributed by atoms with Crippen molar-refractivity contribution in [1.29, 1.82) is 0 Å². The highest BCUT2D eigenvalue weighted by Gasteiger charge is 2.11. The Morgan fingerprint density at radius 3 is 2.88 bits per heavy atom. The molecule has 3 rings (SSSR count). The van der Waals surface area contributed by atoms with Crippen molar-refractivity contribution in [2.75, 3.05) is 12.1 Å². The minimum absolute atomic E-state index is 0.188. The maximum absolute atomic E-state index is 13.7. The van der Waals surface area contributed by atoms with Gasteiger partial charge in [-0.3, -0.25) is 10.3 Å². The molecule has 86 valence electrons. The summed E-state index contributed by atoms with van der Waals surface area (Å²) in [5.41, 5.74) is 6.54. The number of nitrogens with one attached hydrogen (secondary N) is 1. The number of hydrogen-bond acceptors (Lipinski definition) is 2. The van der Waals surface area contributed by atoms with E-state index >= 15 is 0 Å². The van der Waals surface area contributed by atoms with Gasteiger partial charge in [0.2, 0.25) is 0 Å². The van der Waals surface area contributed by atoms with Crippen LogP contribution in [-0.2, 0) is 11.3 Å². The van der Waals surface area contributed by atoms with Crippen LogP contribution < -0.4 is 5.48 Å². The van der Waals surface area contributed by atoms with Gasteiger partial charge in [-0.25, -0.2) is 4.39 Å². The molecule has 0 radical (unpaired) electrons. The lowest BCUT2D eigenvalue weighted by atomic mass is 10.00. The average molecular weight is 229 g/mol. The van der Waals surface area contributed by atoms with E-state index in [9.17, 15) is 4.39 Å². The standard InChI is InChI=1S/C14H12FNO/c15-13-4-2-1-3-12(13)10-5-6-14-11(9-10)7-8-17-16-14/h1-6,9,16H,7-8H2. The molecule has 0 amide bonds. The molecule has 0 saturated carbocycles. The Balaban J connectivity index is 2.07. The van der Waals surface area contributed by atoms with Crippen molar-refractivity contribution in [2.24, 2.45) is 0 Å². The lowest BCUT2D eigenvalue weighted by Gasteiger charge is -2.18. The highest BCUT2D eigenvalue weighted by molar-refractivity contribution is 5.69. The maximum Gasteiger partial charge on any atom is 0.131 e. The van der Waals surface area contributed by atoms with Crippen molar-refractivity contribution < 1.29 is 9.23 Å². The predicted octanol–water partition coefficient (Wildman–Crippen LogP) is 3.39. The molecule has 17 heavy (non-hydrogen) atoms. The Kier molecular flexibility index (Phi) is 2.53. The SMILES string of the molecule is Fc1ccccc1-c1ccc2c(c1)CCON2. The fourth-order valence-electron chi connectivity index (χ4n) is 2.05. The summed E-state index contributed by atoms with van der Waals surface area (Å²) in [7, 11) is 0. The number of benzene rings is 2. The van der Waals surface area contributed by atoms with Gasteiger partial charge in [0.1, 0.15) is 5.82 Å². The molecule has 0 spiro atoms. The fourth-order valence-corrected chi connectivity index (χ4v) is 2.05. The first-order chi connectivity index (χ1) is 8.34. The van der Waals surface area contributed by atoms with Crippen molar-refractivity contribution in [3.8, 4) is 11.1 Å². The molecule has 1 N–H and O–H groups in total. The van der Waals surface area contributed by atoms with Gasteiger partial charge in [0, 0.05) is 12.0 Å². The molecule has 0 fully saturated rings. The van der Waals surface area contributed by atoms with E-state index < -0.39 is 0 Å². The van der Waals surface area contributed by atoms with Crippen LogP contribution in [0.5, 0.6) is 0 Å². The zero-order chi connectivity index (χ0) is 11.7. The van der Waals surface area contributed by atoms with E-state index in [-0.39, 0.29) is 5.82 Å². The predicted molar refractivity (Wildman–Crippen MR) is 65.1 cm³/mol. The lowest BCUT2D eigenvalue weighted by molar-refractivity contribution is 0.187. The van der Waals surface area contributed by atoms with E-state index in [4.69, 9.17) is 4.84 Å². The van der Waals surface area contributed by atoms with Gasteiger partial charge in [-0.2, -0.15) is 0 Å². The fraction of sp³-hybridized carbons (Fsp3) is 0.143. The van der Waals surface area contributed by atoms with Gasteiger partial charge < -0.3 is 0 Å². The molecule has 1 aliphatic rings. The van der Waals surface area contributed by atoms with Crippen LogP contribution in [-0.4, -0.2) is 6.61 Å². The van der Waals surface area contributed by atoms with E-state index in [2.05, 4.69) is 5.48 Å². The molecule has 2 aromatic carbocycles. The van der Waals surface area contributed by atoms with Crippen molar-refractivity contribution >= 4 is 5.69 Å². The maximum atomic E-state index is 13.7. The van der Waals surface area contributed by atoms with E-state index in [0.29, 0.717) is 12.2 Å². The molecule has 3 heteroatoms. The molecule has 0 saturated heterocycles. The third-order valence-electron chi connectivity index (χ3n) is 2.95. The van der Waals surface area contributed by atoms with Crippen LogP contribution in [0.1, 0.15) is 5.56 Å². The van der Waals surface area contributed by atoms with Crippen molar-refractivity contribution in [3.05, 3.63) is 53.8 Å². The van der Waals surface area contributed by atoms with Gasteiger partial charge in [-0.1, -0.05) is 24.3 Å². The third-order valence-corrected chi connectivity index (χ3v) is 2.95. The van der Waals surface area contributed by atoms with Gasteiger partial charge in [-0.05, 0) is 29.3 Å². The summed E-state index contributed by atoms with van der Waals surface area (Å²) in [5.74, 6) is -0.188. The van der Waals surface area contributed by atoms with E-state index in [1.165, 1.54) is 6.07 Å². The number of halogens is 1. The normalized spacial score (nSPS) is 13.9. The molecule has 1 aliphatic heterocycles. The van der Waals surface area contributed by atoms with Crippen LogP contribution in [0.15, 0.2) is 42.5 Å². The molecule has 0 unspecified atom stereocenters. The van der Waals surface area contributed by atoms with E-state index in [1.807, 2.05) is 24.3 Å². The Morgan fingerprint density at radius 1 is 1.12 bits per heavy atom. The number of hydrogen-bond donors (Lipinski definition) is 1. The molecule has 2 aromatic rings. The Hall–Kier alpha value is -1.87. The Bertz CT molecular complexity index is 554. The Labute approximate surface area is 99.0 Å². The van der Waals surface area contributed by atoms with Gasteiger partial charge in [0.05, 0.1) is 12.3 Å². The molecule has 0 bridgehead atoms. The summed E-state index contributed by atoms with van der Waals surface area (Å²) in [6, 6.07) is 12.7. The topological polar surface area (TPSA) is 21.3 Å².